The number of methoxy groups -OCH3 is 1. The minimum absolute atomic E-state index is 0.287. The molecule has 0 heterocycles. The molecule has 0 aromatic heterocycles. The van der Waals surface area contributed by atoms with Gasteiger partial charge in [-0.25, -0.2) is 4.79 Å². The maximum absolute atomic E-state index is 11.9. The van der Waals surface area contributed by atoms with Crippen LogP contribution in [0.1, 0.15) is 36.2 Å². The van der Waals surface area contributed by atoms with Crippen molar-refractivity contribution < 1.29 is 14.3 Å². The molecule has 4 nitrogen and oxygen atoms in total. The third kappa shape index (κ3) is 4.04. The number of ether oxygens (including phenoxy) is 2. The van der Waals surface area contributed by atoms with Crippen molar-refractivity contribution >= 4 is 11.7 Å². The Morgan fingerprint density at radius 1 is 1.39 bits per heavy atom. The number of nitrogens with two attached hydrogens (primary N) is 1. The van der Waals surface area contributed by atoms with Crippen LogP contribution in [0.4, 0.5) is 5.69 Å². The lowest BCUT2D eigenvalue weighted by molar-refractivity contribution is -0.00564. The summed E-state index contributed by atoms with van der Waals surface area (Å²) in [5.74, 6) is -0.341. The van der Waals surface area contributed by atoms with Gasteiger partial charge in [0.15, 0.2) is 0 Å². The molecule has 0 aliphatic carbocycles. The largest absolute Gasteiger partial charge is 0.462 e. The fourth-order valence-corrected chi connectivity index (χ4v) is 1.43. The van der Waals surface area contributed by atoms with E-state index in [1.165, 1.54) is 0 Å². The summed E-state index contributed by atoms with van der Waals surface area (Å²) < 4.78 is 10.5. The Morgan fingerprint density at radius 2 is 2.06 bits per heavy atom. The third-order valence-electron chi connectivity index (χ3n) is 2.97. The zero-order valence-corrected chi connectivity index (χ0v) is 11.4. The van der Waals surface area contributed by atoms with Gasteiger partial charge in [-0.15, -0.1) is 0 Å². The normalized spacial score (nSPS) is 11.3. The molecule has 4 heteroatoms. The van der Waals surface area contributed by atoms with Crippen LogP contribution >= 0.6 is 0 Å². The molecule has 0 bridgehead atoms. The van der Waals surface area contributed by atoms with E-state index in [0.717, 1.165) is 5.56 Å². The summed E-state index contributed by atoms with van der Waals surface area (Å²) in [4.78, 5) is 11.9. The van der Waals surface area contributed by atoms with Gasteiger partial charge in [0, 0.05) is 19.2 Å². The molecule has 0 unspecified atom stereocenters. The van der Waals surface area contributed by atoms with Crippen LogP contribution in [0.5, 0.6) is 0 Å². The lowest BCUT2D eigenvalue weighted by Crippen LogP contribution is -2.25. The molecule has 0 saturated heterocycles. The Balaban J connectivity index is 2.58. The van der Waals surface area contributed by atoms with Gasteiger partial charge in [0.25, 0.3) is 0 Å². The molecule has 1 aromatic carbocycles. The molecule has 0 saturated carbocycles. The van der Waals surface area contributed by atoms with Crippen molar-refractivity contribution in [1.29, 1.82) is 0 Å². The third-order valence-corrected chi connectivity index (χ3v) is 2.97. The standard InChI is InChI=1S/C14H21NO3/c1-10-5-6-11(15)9-12(10)13(16)18-8-7-14(2,3)17-4/h5-6,9H,7-8,15H2,1-4H3. The first-order chi connectivity index (χ1) is 8.35. The second kappa shape index (κ2) is 5.87. The van der Waals surface area contributed by atoms with Gasteiger partial charge < -0.3 is 15.2 Å². The van der Waals surface area contributed by atoms with Crippen LogP contribution in [0.3, 0.4) is 0 Å². The number of esters is 1. The minimum atomic E-state index is -0.341. The maximum Gasteiger partial charge on any atom is 0.338 e. The molecule has 1 rings (SSSR count). The van der Waals surface area contributed by atoms with Gasteiger partial charge in [-0.3, -0.25) is 0 Å². The van der Waals surface area contributed by atoms with Crippen LogP contribution < -0.4 is 5.73 Å². The van der Waals surface area contributed by atoms with E-state index in [4.69, 9.17) is 15.2 Å². The van der Waals surface area contributed by atoms with Crippen LogP contribution in [-0.2, 0) is 9.47 Å². The van der Waals surface area contributed by atoms with Gasteiger partial charge in [-0.1, -0.05) is 6.07 Å². The van der Waals surface area contributed by atoms with Gasteiger partial charge in [-0.2, -0.15) is 0 Å². The number of hydrogen-bond donors (Lipinski definition) is 1. The molecule has 18 heavy (non-hydrogen) atoms. The molecular formula is C14H21NO3. The molecule has 0 atom stereocenters. The van der Waals surface area contributed by atoms with Crippen molar-refractivity contribution in [2.75, 3.05) is 19.5 Å². The summed E-state index contributed by atoms with van der Waals surface area (Å²) in [6.45, 7) is 6.09. The Labute approximate surface area is 108 Å². The van der Waals surface area contributed by atoms with Crippen LogP contribution in [0.25, 0.3) is 0 Å². The highest BCUT2D eigenvalue weighted by Crippen LogP contribution is 2.16. The highest BCUT2D eigenvalue weighted by molar-refractivity contribution is 5.92. The predicted octanol–water partition coefficient (Wildman–Crippen LogP) is 2.55. The highest BCUT2D eigenvalue weighted by atomic mass is 16.5. The fraction of sp³-hybridized carbons (Fsp3) is 0.500. The second-order valence-corrected chi connectivity index (χ2v) is 4.92. The number of aryl methyl sites for hydroxylation is 1. The fourth-order valence-electron chi connectivity index (χ4n) is 1.43. The molecule has 0 radical (unpaired) electrons. The highest BCUT2D eigenvalue weighted by Gasteiger charge is 2.18. The average molecular weight is 251 g/mol. The molecule has 2 N–H and O–H groups in total. The molecule has 0 spiro atoms. The predicted molar refractivity (Wildman–Crippen MR) is 71.6 cm³/mol. The summed E-state index contributed by atoms with van der Waals surface area (Å²) in [7, 11) is 1.64. The number of anilines is 1. The topological polar surface area (TPSA) is 61.5 Å². The van der Waals surface area contributed by atoms with Crippen molar-refractivity contribution in [1.82, 2.24) is 0 Å². The number of carbonyl (C=O) groups is 1. The summed E-state index contributed by atoms with van der Waals surface area (Å²) >= 11 is 0. The van der Waals surface area contributed by atoms with E-state index in [1.807, 2.05) is 26.8 Å². The van der Waals surface area contributed by atoms with E-state index >= 15 is 0 Å². The minimum Gasteiger partial charge on any atom is -0.462 e. The first-order valence-corrected chi connectivity index (χ1v) is 5.94. The molecule has 0 fully saturated rings. The Morgan fingerprint density at radius 3 is 2.67 bits per heavy atom. The zero-order chi connectivity index (χ0) is 13.8. The lowest BCUT2D eigenvalue weighted by Gasteiger charge is -2.22. The first-order valence-electron chi connectivity index (χ1n) is 5.94. The van der Waals surface area contributed by atoms with Gasteiger partial charge in [0.2, 0.25) is 0 Å². The number of rotatable bonds is 5. The lowest BCUT2D eigenvalue weighted by atomic mass is 10.1. The summed E-state index contributed by atoms with van der Waals surface area (Å²) in [6, 6.07) is 5.21. The van der Waals surface area contributed by atoms with Crippen LogP contribution in [0.15, 0.2) is 18.2 Å². The second-order valence-electron chi connectivity index (χ2n) is 4.92. The summed E-state index contributed by atoms with van der Waals surface area (Å²) in [5.41, 5.74) is 7.31. The van der Waals surface area contributed by atoms with Gasteiger partial charge in [-0.05, 0) is 38.5 Å². The van der Waals surface area contributed by atoms with E-state index in [9.17, 15) is 4.79 Å². The monoisotopic (exact) mass is 251 g/mol. The van der Waals surface area contributed by atoms with Crippen molar-refractivity contribution in [3.8, 4) is 0 Å². The Hall–Kier alpha value is -1.55. The molecular weight excluding hydrogens is 230 g/mol. The number of hydrogen-bond acceptors (Lipinski definition) is 4. The molecule has 0 amide bonds. The number of carbonyl (C=O) groups excluding carboxylic acids is 1. The van der Waals surface area contributed by atoms with Crippen LogP contribution in [-0.4, -0.2) is 25.3 Å². The summed E-state index contributed by atoms with van der Waals surface area (Å²) in [5, 5.41) is 0. The van der Waals surface area contributed by atoms with Crippen molar-refractivity contribution in [3.05, 3.63) is 29.3 Å². The molecule has 1 aromatic rings. The zero-order valence-electron chi connectivity index (χ0n) is 11.4. The number of benzene rings is 1. The van der Waals surface area contributed by atoms with E-state index in [2.05, 4.69) is 0 Å². The number of nitrogen functional groups attached to an aromatic ring is 1. The van der Waals surface area contributed by atoms with E-state index in [-0.39, 0.29) is 11.6 Å². The molecule has 100 valence electrons. The Kier molecular flexibility index (Phi) is 4.73. The SMILES string of the molecule is COC(C)(C)CCOC(=O)c1cc(N)ccc1C. The average Bonchev–Trinajstić information content (AvgIpc) is 2.32. The van der Waals surface area contributed by atoms with Crippen molar-refractivity contribution in [2.45, 2.75) is 32.8 Å². The van der Waals surface area contributed by atoms with E-state index < -0.39 is 0 Å². The van der Waals surface area contributed by atoms with Gasteiger partial charge in [0.1, 0.15) is 0 Å². The quantitative estimate of drug-likeness (QED) is 0.645. The molecule has 0 aliphatic rings. The Bertz CT molecular complexity index is 427. The van der Waals surface area contributed by atoms with Crippen LogP contribution in [0, 0.1) is 6.92 Å². The van der Waals surface area contributed by atoms with E-state index in [0.29, 0.717) is 24.3 Å². The first kappa shape index (κ1) is 14.5. The van der Waals surface area contributed by atoms with Gasteiger partial charge in [0.05, 0.1) is 17.8 Å². The summed E-state index contributed by atoms with van der Waals surface area (Å²) in [6.07, 6.45) is 0.649. The maximum atomic E-state index is 11.9. The smallest absolute Gasteiger partial charge is 0.338 e. The molecule has 0 aliphatic heterocycles. The van der Waals surface area contributed by atoms with Crippen molar-refractivity contribution in [2.24, 2.45) is 0 Å². The van der Waals surface area contributed by atoms with Crippen molar-refractivity contribution in [3.63, 3.8) is 0 Å². The van der Waals surface area contributed by atoms with Gasteiger partial charge >= 0.3 is 5.97 Å². The van der Waals surface area contributed by atoms with Crippen LogP contribution in [0.2, 0.25) is 0 Å². The van der Waals surface area contributed by atoms with E-state index in [1.54, 1.807) is 19.2 Å².